The molecule has 0 atom stereocenters. The first-order valence-corrected chi connectivity index (χ1v) is 5.68. The van der Waals surface area contributed by atoms with Gasteiger partial charge in [-0.05, 0) is 18.2 Å². The summed E-state index contributed by atoms with van der Waals surface area (Å²) in [5, 5.41) is 11.0. The van der Waals surface area contributed by atoms with Crippen molar-refractivity contribution in [3.63, 3.8) is 0 Å². The van der Waals surface area contributed by atoms with Crippen molar-refractivity contribution >= 4 is 16.8 Å². The van der Waals surface area contributed by atoms with Crippen molar-refractivity contribution in [2.75, 3.05) is 0 Å². The van der Waals surface area contributed by atoms with E-state index in [4.69, 9.17) is 0 Å². The highest BCUT2D eigenvalue weighted by Crippen LogP contribution is 2.14. The quantitative estimate of drug-likeness (QED) is 0.653. The first-order chi connectivity index (χ1) is 8.84. The lowest BCUT2D eigenvalue weighted by Crippen LogP contribution is -2.23. The zero-order valence-electron chi connectivity index (χ0n) is 9.60. The largest absolute Gasteiger partial charge is 0.357 e. The standard InChI is InChI=1S/C13H12N4O/c18-13(11-6-3-7-14-11)15-8-12-9-4-1-2-5-10(9)16-17-12/h1-7,14H,8H2,(H,15,18)(H,16,17). The molecule has 0 aliphatic rings. The number of benzene rings is 1. The van der Waals surface area contributed by atoms with Crippen LogP contribution in [0.4, 0.5) is 0 Å². The van der Waals surface area contributed by atoms with Gasteiger partial charge in [0.25, 0.3) is 5.91 Å². The molecule has 0 saturated heterocycles. The molecule has 1 aromatic carbocycles. The van der Waals surface area contributed by atoms with Gasteiger partial charge in [-0.25, -0.2) is 0 Å². The molecule has 0 aliphatic heterocycles. The van der Waals surface area contributed by atoms with E-state index in [1.165, 1.54) is 0 Å². The molecule has 18 heavy (non-hydrogen) atoms. The molecule has 0 bridgehead atoms. The number of aromatic amines is 2. The molecule has 3 N–H and O–H groups in total. The van der Waals surface area contributed by atoms with Gasteiger partial charge in [0.05, 0.1) is 17.8 Å². The van der Waals surface area contributed by atoms with Crippen molar-refractivity contribution in [3.8, 4) is 0 Å². The van der Waals surface area contributed by atoms with Crippen molar-refractivity contribution in [1.29, 1.82) is 0 Å². The van der Waals surface area contributed by atoms with E-state index in [1.807, 2.05) is 24.3 Å². The average Bonchev–Trinajstić information content (AvgIpc) is 3.06. The number of hydrogen-bond donors (Lipinski definition) is 3. The Morgan fingerprint density at radius 2 is 2.11 bits per heavy atom. The number of rotatable bonds is 3. The Labute approximate surface area is 103 Å². The fourth-order valence-electron chi connectivity index (χ4n) is 1.88. The summed E-state index contributed by atoms with van der Waals surface area (Å²) in [6, 6.07) is 11.3. The van der Waals surface area contributed by atoms with Crippen molar-refractivity contribution in [2.24, 2.45) is 0 Å². The van der Waals surface area contributed by atoms with E-state index in [2.05, 4.69) is 20.5 Å². The lowest BCUT2D eigenvalue weighted by molar-refractivity contribution is 0.0946. The molecule has 5 nitrogen and oxygen atoms in total. The predicted octanol–water partition coefficient (Wildman–Crippen LogP) is 1.82. The number of aromatic nitrogens is 3. The normalized spacial score (nSPS) is 10.7. The molecule has 0 spiro atoms. The van der Waals surface area contributed by atoms with E-state index in [1.54, 1.807) is 18.3 Å². The molecule has 0 aliphatic carbocycles. The highest BCUT2D eigenvalue weighted by atomic mass is 16.1. The van der Waals surface area contributed by atoms with Crippen LogP contribution in [-0.2, 0) is 6.54 Å². The lowest BCUT2D eigenvalue weighted by atomic mass is 10.2. The number of carbonyl (C=O) groups excluding carboxylic acids is 1. The SMILES string of the molecule is O=C(NCc1[nH]nc2ccccc12)c1ccc[nH]1. The van der Waals surface area contributed by atoms with Gasteiger partial charge in [-0.2, -0.15) is 5.10 Å². The summed E-state index contributed by atoms with van der Waals surface area (Å²) in [5.74, 6) is -0.126. The Bertz CT molecular complexity index is 669. The molecule has 0 fully saturated rings. The second-order valence-electron chi connectivity index (χ2n) is 3.99. The van der Waals surface area contributed by atoms with Crippen LogP contribution in [0.5, 0.6) is 0 Å². The van der Waals surface area contributed by atoms with Gasteiger partial charge < -0.3 is 10.3 Å². The van der Waals surface area contributed by atoms with Crippen molar-refractivity contribution in [3.05, 3.63) is 54.0 Å². The molecule has 0 radical (unpaired) electrons. The summed E-state index contributed by atoms with van der Waals surface area (Å²) >= 11 is 0. The number of amides is 1. The molecular formula is C13H12N4O. The van der Waals surface area contributed by atoms with Gasteiger partial charge in [0.15, 0.2) is 0 Å². The Balaban J connectivity index is 1.76. The van der Waals surface area contributed by atoms with E-state index in [0.717, 1.165) is 16.6 Å². The highest BCUT2D eigenvalue weighted by molar-refractivity contribution is 5.92. The Hall–Kier alpha value is -2.56. The monoisotopic (exact) mass is 240 g/mol. The molecule has 5 heteroatoms. The number of nitrogens with one attached hydrogen (secondary N) is 3. The minimum absolute atomic E-state index is 0.126. The third kappa shape index (κ3) is 1.86. The number of nitrogens with zero attached hydrogens (tertiary/aromatic N) is 1. The van der Waals surface area contributed by atoms with E-state index in [9.17, 15) is 4.79 Å². The fraction of sp³-hybridized carbons (Fsp3) is 0.0769. The van der Waals surface area contributed by atoms with Gasteiger partial charge in [-0.3, -0.25) is 9.89 Å². The molecular weight excluding hydrogens is 228 g/mol. The highest BCUT2D eigenvalue weighted by Gasteiger charge is 2.08. The average molecular weight is 240 g/mol. The van der Waals surface area contributed by atoms with Crippen LogP contribution in [0.15, 0.2) is 42.6 Å². The van der Waals surface area contributed by atoms with E-state index < -0.39 is 0 Å². The second kappa shape index (κ2) is 4.37. The van der Waals surface area contributed by atoms with Crippen LogP contribution in [-0.4, -0.2) is 21.1 Å². The van der Waals surface area contributed by atoms with Crippen LogP contribution in [0.25, 0.3) is 10.9 Å². The first-order valence-electron chi connectivity index (χ1n) is 5.68. The van der Waals surface area contributed by atoms with Crippen LogP contribution in [0.1, 0.15) is 16.2 Å². The fourth-order valence-corrected chi connectivity index (χ4v) is 1.88. The maximum Gasteiger partial charge on any atom is 0.268 e. The summed E-state index contributed by atoms with van der Waals surface area (Å²) in [6.45, 7) is 0.429. The summed E-state index contributed by atoms with van der Waals surface area (Å²) in [5.41, 5.74) is 2.37. The van der Waals surface area contributed by atoms with Crippen LogP contribution < -0.4 is 5.32 Å². The van der Waals surface area contributed by atoms with Gasteiger partial charge in [0.1, 0.15) is 5.69 Å². The first kappa shape index (κ1) is 10.6. The van der Waals surface area contributed by atoms with Crippen molar-refractivity contribution < 1.29 is 4.79 Å². The van der Waals surface area contributed by atoms with E-state index in [0.29, 0.717) is 12.2 Å². The number of fused-ring (bicyclic) bond motifs is 1. The Morgan fingerprint density at radius 3 is 2.94 bits per heavy atom. The van der Waals surface area contributed by atoms with Gasteiger partial charge >= 0.3 is 0 Å². The molecule has 90 valence electrons. The van der Waals surface area contributed by atoms with E-state index >= 15 is 0 Å². The van der Waals surface area contributed by atoms with Gasteiger partial charge in [0.2, 0.25) is 0 Å². The molecule has 3 rings (SSSR count). The van der Waals surface area contributed by atoms with Crippen molar-refractivity contribution in [2.45, 2.75) is 6.54 Å². The second-order valence-corrected chi connectivity index (χ2v) is 3.99. The van der Waals surface area contributed by atoms with Crippen LogP contribution in [0.3, 0.4) is 0 Å². The topological polar surface area (TPSA) is 73.6 Å². The molecule has 2 aromatic heterocycles. The minimum atomic E-state index is -0.126. The maximum atomic E-state index is 11.8. The predicted molar refractivity (Wildman–Crippen MR) is 68.1 cm³/mol. The molecule has 1 amide bonds. The number of hydrogen-bond acceptors (Lipinski definition) is 2. The Morgan fingerprint density at radius 1 is 1.22 bits per heavy atom. The number of H-pyrrole nitrogens is 2. The third-order valence-electron chi connectivity index (χ3n) is 2.81. The van der Waals surface area contributed by atoms with E-state index in [-0.39, 0.29) is 5.91 Å². The Kier molecular flexibility index (Phi) is 2.57. The molecule has 2 heterocycles. The van der Waals surface area contributed by atoms with Crippen LogP contribution in [0, 0.1) is 0 Å². The minimum Gasteiger partial charge on any atom is -0.357 e. The van der Waals surface area contributed by atoms with Crippen LogP contribution >= 0.6 is 0 Å². The zero-order chi connectivity index (χ0) is 12.4. The number of carbonyl (C=O) groups is 1. The molecule has 3 aromatic rings. The molecule has 0 unspecified atom stereocenters. The summed E-state index contributed by atoms with van der Waals surface area (Å²) < 4.78 is 0. The van der Waals surface area contributed by atoms with Gasteiger partial charge in [0, 0.05) is 11.6 Å². The zero-order valence-corrected chi connectivity index (χ0v) is 9.60. The third-order valence-corrected chi connectivity index (χ3v) is 2.81. The maximum absolute atomic E-state index is 11.8. The van der Waals surface area contributed by atoms with Crippen molar-refractivity contribution in [1.82, 2.24) is 20.5 Å². The summed E-state index contributed by atoms with van der Waals surface area (Å²) in [4.78, 5) is 14.6. The smallest absolute Gasteiger partial charge is 0.268 e. The lowest BCUT2D eigenvalue weighted by Gasteiger charge is -2.02. The van der Waals surface area contributed by atoms with Gasteiger partial charge in [-0.15, -0.1) is 0 Å². The van der Waals surface area contributed by atoms with Gasteiger partial charge in [-0.1, -0.05) is 18.2 Å². The summed E-state index contributed by atoms with van der Waals surface area (Å²) in [7, 11) is 0. The summed E-state index contributed by atoms with van der Waals surface area (Å²) in [6.07, 6.45) is 1.72. The number of para-hydroxylation sites is 1. The van der Waals surface area contributed by atoms with Crippen LogP contribution in [0.2, 0.25) is 0 Å². The molecule has 0 saturated carbocycles.